The second-order valence-corrected chi connectivity index (χ2v) is 32.5. The van der Waals surface area contributed by atoms with E-state index in [4.69, 9.17) is 0 Å². The van der Waals surface area contributed by atoms with E-state index < -0.39 is 26.9 Å². The fraction of sp³-hybridized carbons (Fsp3) is 0.412. The fourth-order valence-electron chi connectivity index (χ4n) is 2.46. The summed E-state index contributed by atoms with van der Waals surface area (Å²) >= 11 is -1.79. The van der Waals surface area contributed by atoms with E-state index in [-0.39, 0.29) is 30.2 Å². The molecule has 1 aromatic carbocycles. The predicted octanol–water partition coefficient (Wildman–Crippen LogP) is 5.60. The minimum Gasteiger partial charge on any atom is -0.147 e. The largest absolute Gasteiger partial charge is 0.147 e. The van der Waals surface area contributed by atoms with E-state index in [1.165, 1.54) is 17.7 Å². The zero-order valence-electron chi connectivity index (χ0n) is 14.1. The number of hydrogen-bond acceptors (Lipinski definition) is 1. The Bertz CT molecular complexity index is 536. The predicted molar refractivity (Wildman–Crippen MR) is 104 cm³/mol. The summed E-state index contributed by atoms with van der Waals surface area (Å²) in [6.45, 7) is 11.9. The third-order valence-corrected chi connectivity index (χ3v) is 27.3. The Labute approximate surface area is 157 Å². The number of nitrogens with one attached hydrogen (secondary N) is 1. The van der Waals surface area contributed by atoms with Crippen LogP contribution in [0.15, 0.2) is 45.8 Å². The van der Waals surface area contributed by atoms with Gasteiger partial charge in [0.25, 0.3) is 0 Å². The van der Waals surface area contributed by atoms with E-state index in [9.17, 15) is 0 Å². The summed E-state index contributed by atoms with van der Waals surface area (Å²) in [5.74, 6) is -0.573. The standard InChI is InChI=1S/C10H14N.C5H5.C2H7Si.2ClH.Hf/c1-10(2,3)8-5-4-6-9(11)7-8;1-2-4-5-3-1;1-3-2;;;/h4-7,11H,1-3H3;1-3H,4H2;3H,1-2H3;2*1H;/q-1;;;;;+1. The van der Waals surface area contributed by atoms with Gasteiger partial charge < -0.3 is 0 Å². The van der Waals surface area contributed by atoms with E-state index in [2.05, 4.69) is 79.7 Å². The molecule has 0 aromatic heterocycles. The fourth-order valence-corrected chi connectivity index (χ4v) is 22.2. The molecule has 22 heavy (non-hydrogen) atoms. The number of halogens is 2. The van der Waals surface area contributed by atoms with Crippen LogP contribution in [0.25, 0.3) is 0 Å². The zero-order valence-corrected chi connectivity index (χ0v) is 20.5. The summed E-state index contributed by atoms with van der Waals surface area (Å²) in [6.07, 6.45) is 8.14. The molecule has 0 unspecified atom stereocenters. The molecule has 1 nitrogen and oxygen atoms in total. The molecule has 1 aromatic rings. The molecule has 2 rings (SSSR count). The molecule has 1 aliphatic rings. The van der Waals surface area contributed by atoms with E-state index in [0.717, 1.165) is 0 Å². The molecular formula is C17H28Cl2HfNSi. The average molecular weight is 524 g/mol. The van der Waals surface area contributed by atoms with Crippen molar-refractivity contribution in [2.75, 3.05) is 3.30 Å². The number of allylic oxidation sites excluding steroid dienone is 4. The number of benzene rings is 1. The van der Waals surface area contributed by atoms with Crippen LogP contribution in [-0.4, -0.2) is 5.98 Å². The molecule has 0 bridgehead atoms. The molecule has 1 aliphatic carbocycles. The normalized spacial score (nSPS) is 13.3. The maximum absolute atomic E-state index is 4.00. The Hall–Kier alpha value is 0.167. The molecule has 5 heteroatoms. The molecule has 123 valence electrons. The van der Waals surface area contributed by atoms with Crippen LogP contribution in [0.1, 0.15) is 32.8 Å². The van der Waals surface area contributed by atoms with Crippen LogP contribution in [0.2, 0.25) is 13.1 Å². The number of hydrogen-bond donors (Lipinski definition) is 1. The second kappa shape index (κ2) is 9.46. The summed E-state index contributed by atoms with van der Waals surface area (Å²) in [7, 11) is 0. The van der Waals surface area contributed by atoms with Gasteiger partial charge in [-0.2, -0.15) is 0 Å². The Morgan fingerprint density at radius 1 is 1.14 bits per heavy atom. The average Bonchev–Trinajstić information content (AvgIpc) is 2.88. The van der Waals surface area contributed by atoms with Crippen LogP contribution in [0.3, 0.4) is 0 Å². The van der Waals surface area contributed by atoms with Crippen molar-refractivity contribution in [3.05, 3.63) is 51.4 Å². The number of rotatable bonds is 4. The van der Waals surface area contributed by atoms with Gasteiger partial charge in [0.15, 0.2) is 0 Å². The number of anilines is 1. The first-order valence-electron chi connectivity index (χ1n) is 7.48. The van der Waals surface area contributed by atoms with Crippen LogP contribution in [0, 0.1) is 0 Å². The molecule has 0 radical (unpaired) electrons. The molecule has 1 N–H and O–H groups in total. The second-order valence-electron chi connectivity index (χ2n) is 6.85. The van der Waals surface area contributed by atoms with E-state index in [0.29, 0.717) is 0 Å². The molecule has 0 saturated carbocycles. The van der Waals surface area contributed by atoms with Crippen LogP contribution in [0.5, 0.6) is 0 Å². The van der Waals surface area contributed by atoms with Crippen molar-refractivity contribution in [1.82, 2.24) is 0 Å². The van der Waals surface area contributed by atoms with Crippen LogP contribution < -0.4 is 3.30 Å². The molecule has 0 spiro atoms. The van der Waals surface area contributed by atoms with Crippen molar-refractivity contribution in [2.24, 2.45) is 0 Å². The molecule has 0 aliphatic heterocycles. The van der Waals surface area contributed by atoms with Gasteiger partial charge >= 0.3 is 133 Å². The van der Waals surface area contributed by atoms with Gasteiger partial charge in [-0.05, 0) is 0 Å². The summed E-state index contributed by atoms with van der Waals surface area (Å²) in [4.78, 5) is 0. The van der Waals surface area contributed by atoms with Gasteiger partial charge in [0.2, 0.25) is 0 Å². The maximum atomic E-state index is 4.00. The summed E-state index contributed by atoms with van der Waals surface area (Å²) in [5, 5.41) is 0. The third-order valence-electron chi connectivity index (χ3n) is 3.70. The summed E-state index contributed by atoms with van der Waals surface area (Å²) in [5.41, 5.74) is 3.01. The SMILES string of the molecule is C[SiH](C)[Hf]([NH]c1cccc(C(C)(C)C)c1)[C]1=CC=CC1.Cl.Cl. The molecule has 0 fully saturated rings. The van der Waals surface area contributed by atoms with Gasteiger partial charge in [0, 0.05) is 0 Å². The molecule has 0 atom stereocenters. The van der Waals surface area contributed by atoms with Gasteiger partial charge in [-0.1, -0.05) is 0 Å². The maximum Gasteiger partial charge on any atom is -0.147 e. The smallest absolute Gasteiger partial charge is 0.147 e. The zero-order chi connectivity index (χ0) is 14.8. The Morgan fingerprint density at radius 3 is 2.32 bits per heavy atom. The minimum atomic E-state index is -1.79. The van der Waals surface area contributed by atoms with Gasteiger partial charge in [-0.25, -0.2) is 0 Å². The monoisotopic (exact) mass is 524 g/mol. The molecular weight excluding hydrogens is 496 g/mol. The Morgan fingerprint density at radius 2 is 1.82 bits per heavy atom. The summed E-state index contributed by atoms with van der Waals surface area (Å²) in [6, 6.07) is 9.07. The van der Waals surface area contributed by atoms with Crippen molar-refractivity contribution in [3.63, 3.8) is 0 Å². The van der Waals surface area contributed by atoms with Crippen molar-refractivity contribution >= 4 is 36.5 Å². The molecule has 0 saturated heterocycles. The van der Waals surface area contributed by atoms with E-state index in [1.807, 2.05) is 0 Å². The topological polar surface area (TPSA) is 12.0 Å². The van der Waals surface area contributed by atoms with Crippen molar-refractivity contribution in [2.45, 2.75) is 45.7 Å². The molecule has 0 amide bonds. The first kappa shape index (κ1) is 22.2. The van der Waals surface area contributed by atoms with Crippen molar-refractivity contribution in [3.8, 4) is 0 Å². The van der Waals surface area contributed by atoms with Gasteiger partial charge in [0.1, 0.15) is 0 Å². The quantitative estimate of drug-likeness (QED) is 0.507. The molecule has 0 heterocycles. The Kier molecular flexibility index (Phi) is 9.53. The van der Waals surface area contributed by atoms with Crippen molar-refractivity contribution in [1.29, 1.82) is 0 Å². The van der Waals surface area contributed by atoms with Crippen molar-refractivity contribution < 1.29 is 20.9 Å². The first-order chi connectivity index (χ1) is 9.38. The van der Waals surface area contributed by atoms with Gasteiger partial charge in [-0.3, -0.25) is 0 Å². The first-order valence-corrected chi connectivity index (χ1v) is 20.2. The third kappa shape index (κ3) is 5.99. The Balaban J connectivity index is 0.00000220. The van der Waals surface area contributed by atoms with E-state index >= 15 is 0 Å². The summed E-state index contributed by atoms with van der Waals surface area (Å²) < 4.78 is 5.76. The van der Waals surface area contributed by atoms with Gasteiger partial charge in [0.05, 0.1) is 0 Å². The van der Waals surface area contributed by atoms with E-state index in [1.54, 1.807) is 3.33 Å². The van der Waals surface area contributed by atoms with Gasteiger partial charge in [-0.15, -0.1) is 24.8 Å². The van der Waals surface area contributed by atoms with Crippen LogP contribution in [-0.2, 0) is 26.3 Å². The van der Waals surface area contributed by atoms with Crippen LogP contribution >= 0.6 is 24.8 Å². The van der Waals surface area contributed by atoms with Crippen LogP contribution in [0.4, 0.5) is 5.69 Å². The minimum absolute atomic E-state index is 0.